The molecule has 32 heavy (non-hydrogen) atoms. The Morgan fingerprint density at radius 3 is 2.69 bits per heavy atom. The molecule has 0 fully saturated rings. The van der Waals surface area contributed by atoms with E-state index in [1.165, 1.54) is 32.4 Å². The molecule has 172 valence electrons. The molecule has 2 amide bonds. The minimum absolute atomic E-state index is 0.0158. The number of carbonyl (C=O) groups is 2. The lowest BCUT2D eigenvalue weighted by Crippen LogP contribution is -2.37. The lowest BCUT2D eigenvalue weighted by molar-refractivity contribution is -0.123. The monoisotopic (exact) mass is 481 g/mol. The molecule has 0 saturated heterocycles. The molecule has 1 aliphatic heterocycles. The first kappa shape index (κ1) is 23.8. The Balaban J connectivity index is 1.81. The number of nitrogens with zero attached hydrogens (tertiary/aromatic N) is 1. The molecule has 0 aliphatic carbocycles. The van der Waals surface area contributed by atoms with Crippen LogP contribution in [0.25, 0.3) is 0 Å². The van der Waals surface area contributed by atoms with Crippen molar-refractivity contribution in [2.24, 2.45) is 0 Å². The summed E-state index contributed by atoms with van der Waals surface area (Å²) in [4.78, 5) is 24.5. The highest BCUT2D eigenvalue weighted by atomic mass is 35.5. The molecule has 1 unspecified atom stereocenters. The Labute approximate surface area is 191 Å². The molecule has 11 heteroatoms. The number of sulfonamides is 1. The summed E-state index contributed by atoms with van der Waals surface area (Å²) in [5.41, 5.74) is 1.14. The van der Waals surface area contributed by atoms with E-state index in [1.54, 1.807) is 26.0 Å². The van der Waals surface area contributed by atoms with E-state index >= 15 is 0 Å². The molecule has 0 spiro atoms. The van der Waals surface area contributed by atoms with Crippen LogP contribution in [0.15, 0.2) is 35.2 Å². The lowest BCUT2D eigenvalue weighted by Gasteiger charge is -2.27. The van der Waals surface area contributed by atoms with Gasteiger partial charge in [0, 0.05) is 18.1 Å². The number of hydrogen-bond acceptors (Lipinski definition) is 6. The highest BCUT2D eigenvalue weighted by molar-refractivity contribution is 7.89. The number of likely N-dealkylation sites (N-methyl/N-ethyl adjacent to an activating group) is 1. The van der Waals surface area contributed by atoms with E-state index in [1.807, 2.05) is 0 Å². The largest absolute Gasteiger partial charge is 0.495 e. The van der Waals surface area contributed by atoms with E-state index in [9.17, 15) is 18.0 Å². The summed E-state index contributed by atoms with van der Waals surface area (Å²) >= 11 is 5.97. The SMILES string of the molecule is CCC1Oc2cc(S(=O)(=O)N(C)CC(=O)Nc3cc(Cl)ccc3OC)c(C)cc2NC1=O. The molecule has 0 aromatic heterocycles. The second-order valence-electron chi connectivity index (χ2n) is 7.27. The highest BCUT2D eigenvalue weighted by Gasteiger charge is 2.31. The number of fused-ring (bicyclic) bond motifs is 1. The molecule has 1 aliphatic rings. The van der Waals surface area contributed by atoms with Gasteiger partial charge in [-0.15, -0.1) is 0 Å². The molecule has 0 radical (unpaired) electrons. The van der Waals surface area contributed by atoms with Gasteiger partial charge in [-0.25, -0.2) is 8.42 Å². The molecule has 2 N–H and O–H groups in total. The van der Waals surface area contributed by atoms with Crippen LogP contribution in [-0.4, -0.2) is 51.3 Å². The molecule has 3 rings (SSSR count). The van der Waals surface area contributed by atoms with Crippen molar-refractivity contribution >= 4 is 44.8 Å². The molecule has 2 aromatic rings. The van der Waals surface area contributed by atoms with E-state index < -0.39 is 28.6 Å². The van der Waals surface area contributed by atoms with Crippen molar-refractivity contribution in [2.75, 3.05) is 31.3 Å². The normalized spacial score (nSPS) is 15.6. The quantitative estimate of drug-likeness (QED) is 0.628. The minimum atomic E-state index is -4.03. The van der Waals surface area contributed by atoms with Gasteiger partial charge in [0.1, 0.15) is 11.5 Å². The minimum Gasteiger partial charge on any atom is -0.495 e. The lowest BCUT2D eigenvalue weighted by atomic mass is 10.1. The zero-order valence-corrected chi connectivity index (χ0v) is 19.6. The van der Waals surface area contributed by atoms with Crippen LogP contribution in [0.2, 0.25) is 5.02 Å². The Kier molecular flexibility index (Phi) is 6.97. The summed E-state index contributed by atoms with van der Waals surface area (Å²) in [6, 6.07) is 7.62. The number of amides is 2. The van der Waals surface area contributed by atoms with Crippen LogP contribution in [0, 0.1) is 6.92 Å². The number of carbonyl (C=O) groups excluding carboxylic acids is 2. The third-order valence-corrected chi connectivity index (χ3v) is 7.14. The zero-order chi connectivity index (χ0) is 23.6. The number of nitrogens with one attached hydrogen (secondary N) is 2. The van der Waals surface area contributed by atoms with Gasteiger partial charge in [0.2, 0.25) is 15.9 Å². The van der Waals surface area contributed by atoms with Gasteiger partial charge in [0.15, 0.2) is 6.10 Å². The third kappa shape index (κ3) is 4.82. The van der Waals surface area contributed by atoms with Crippen molar-refractivity contribution in [1.29, 1.82) is 0 Å². The van der Waals surface area contributed by atoms with E-state index in [2.05, 4.69) is 10.6 Å². The summed E-state index contributed by atoms with van der Waals surface area (Å²) in [6.45, 7) is 2.96. The Morgan fingerprint density at radius 2 is 2.03 bits per heavy atom. The number of rotatable bonds is 7. The second kappa shape index (κ2) is 9.35. The smallest absolute Gasteiger partial charge is 0.265 e. The molecule has 1 heterocycles. The van der Waals surface area contributed by atoms with Crippen LogP contribution >= 0.6 is 11.6 Å². The molecule has 1 atom stereocenters. The second-order valence-corrected chi connectivity index (χ2v) is 9.72. The van der Waals surface area contributed by atoms with Gasteiger partial charge in [-0.3, -0.25) is 9.59 Å². The van der Waals surface area contributed by atoms with Gasteiger partial charge in [-0.2, -0.15) is 4.31 Å². The fraction of sp³-hybridized carbons (Fsp3) is 0.333. The molecular formula is C21H24ClN3O6S. The van der Waals surface area contributed by atoms with Crippen molar-refractivity contribution in [3.63, 3.8) is 0 Å². The predicted octanol–water partition coefficient (Wildman–Crippen LogP) is 3.03. The fourth-order valence-corrected chi connectivity index (χ4v) is 4.77. The molecule has 0 bridgehead atoms. The Hall–Kier alpha value is -2.82. The van der Waals surface area contributed by atoms with Crippen LogP contribution in [0.3, 0.4) is 0 Å². The average molecular weight is 482 g/mol. The number of hydrogen-bond donors (Lipinski definition) is 2. The van der Waals surface area contributed by atoms with Crippen LogP contribution in [0.1, 0.15) is 18.9 Å². The summed E-state index contributed by atoms with van der Waals surface area (Å²) in [5, 5.41) is 5.73. The number of aryl methyl sites for hydroxylation is 1. The van der Waals surface area contributed by atoms with E-state index in [-0.39, 0.29) is 16.6 Å². The Morgan fingerprint density at radius 1 is 1.31 bits per heavy atom. The van der Waals surface area contributed by atoms with Crippen LogP contribution in [0.4, 0.5) is 11.4 Å². The first-order valence-corrected chi connectivity index (χ1v) is 11.6. The number of methoxy groups -OCH3 is 1. The number of ether oxygens (including phenoxy) is 2. The molecule has 2 aromatic carbocycles. The van der Waals surface area contributed by atoms with E-state index in [0.717, 1.165) is 4.31 Å². The summed E-state index contributed by atoms with van der Waals surface area (Å²) in [6.07, 6.45) is -0.259. The van der Waals surface area contributed by atoms with E-state index in [4.69, 9.17) is 21.1 Å². The van der Waals surface area contributed by atoms with E-state index in [0.29, 0.717) is 34.1 Å². The van der Waals surface area contributed by atoms with Crippen LogP contribution < -0.4 is 20.1 Å². The third-order valence-electron chi connectivity index (χ3n) is 4.96. The highest BCUT2D eigenvalue weighted by Crippen LogP contribution is 2.35. The van der Waals surface area contributed by atoms with Crippen LogP contribution in [0.5, 0.6) is 11.5 Å². The fourth-order valence-electron chi connectivity index (χ4n) is 3.25. The number of halogens is 1. The summed E-state index contributed by atoms with van der Waals surface area (Å²) in [5.74, 6) is -0.187. The van der Waals surface area contributed by atoms with Gasteiger partial charge in [-0.05, 0) is 43.2 Å². The maximum Gasteiger partial charge on any atom is 0.265 e. The van der Waals surface area contributed by atoms with Crippen molar-refractivity contribution in [1.82, 2.24) is 4.31 Å². The number of anilines is 2. The molecule has 9 nitrogen and oxygen atoms in total. The zero-order valence-electron chi connectivity index (χ0n) is 18.1. The van der Waals surface area contributed by atoms with Gasteiger partial charge in [0.05, 0.1) is 29.9 Å². The number of benzene rings is 2. The topological polar surface area (TPSA) is 114 Å². The summed E-state index contributed by atoms with van der Waals surface area (Å²) < 4.78 is 38.1. The van der Waals surface area contributed by atoms with Gasteiger partial charge >= 0.3 is 0 Å². The molecule has 0 saturated carbocycles. The average Bonchev–Trinajstić information content (AvgIpc) is 2.72. The standard InChI is InChI=1S/C21H24ClN3O6S/c1-5-16-21(27)24-14-8-12(2)19(10-18(14)31-16)32(28,29)25(3)11-20(26)23-15-9-13(22)6-7-17(15)30-4/h6-10,16H,5,11H2,1-4H3,(H,23,26)(H,24,27). The van der Waals surface area contributed by atoms with Gasteiger partial charge in [0.25, 0.3) is 5.91 Å². The maximum atomic E-state index is 13.2. The predicted molar refractivity (Wildman–Crippen MR) is 121 cm³/mol. The summed E-state index contributed by atoms with van der Waals surface area (Å²) in [7, 11) is -1.28. The van der Waals surface area contributed by atoms with Gasteiger partial charge < -0.3 is 20.1 Å². The molecular weight excluding hydrogens is 458 g/mol. The Bertz CT molecular complexity index is 1170. The maximum absolute atomic E-state index is 13.2. The van der Waals surface area contributed by atoms with Crippen molar-refractivity contribution in [3.8, 4) is 11.5 Å². The van der Waals surface area contributed by atoms with Crippen molar-refractivity contribution < 1.29 is 27.5 Å². The first-order valence-electron chi connectivity index (χ1n) is 9.78. The van der Waals surface area contributed by atoms with Crippen LogP contribution in [-0.2, 0) is 19.6 Å². The van der Waals surface area contributed by atoms with Crippen molar-refractivity contribution in [3.05, 3.63) is 40.9 Å². The van der Waals surface area contributed by atoms with Crippen molar-refractivity contribution in [2.45, 2.75) is 31.3 Å². The van der Waals surface area contributed by atoms with Gasteiger partial charge in [-0.1, -0.05) is 18.5 Å². The first-order chi connectivity index (χ1) is 15.1.